The van der Waals surface area contributed by atoms with E-state index in [0.29, 0.717) is 35.7 Å². The lowest BCUT2D eigenvalue weighted by Gasteiger charge is -2.37. The topological polar surface area (TPSA) is 92.8 Å². The lowest BCUT2D eigenvalue weighted by molar-refractivity contribution is 0.0606. The van der Waals surface area contributed by atoms with E-state index in [2.05, 4.69) is 17.1 Å². The van der Waals surface area contributed by atoms with Gasteiger partial charge in [-0.1, -0.05) is 42.5 Å². The maximum Gasteiger partial charge on any atom is 0.256 e. The number of carbonyl (C=O) groups is 1. The Hall–Kier alpha value is -3.78. The Bertz CT molecular complexity index is 1250. The number of aromatic nitrogens is 3. The van der Waals surface area contributed by atoms with Crippen molar-refractivity contribution in [3.63, 3.8) is 0 Å². The van der Waals surface area contributed by atoms with Crippen LogP contribution in [0.3, 0.4) is 0 Å². The van der Waals surface area contributed by atoms with Crippen molar-refractivity contribution in [1.29, 1.82) is 0 Å². The number of aliphatic hydroxyl groups is 1. The van der Waals surface area contributed by atoms with Gasteiger partial charge >= 0.3 is 0 Å². The maximum atomic E-state index is 13.7. The molecule has 1 amide bonds. The van der Waals surface area contributed by atoms with E-state index >= 15 is 0 Å². The van der Waals surface area contributed by atoms with Crippen LogP contribution in [0.15, 0.2) is 77.7 Å². The van der Waals surface area contributed by atoms with Gasteiger partial charge in [0.1, 0.15) is 5.76 Å². The fraction of sp³-hybridized carbons (Fsp3) is 0.379. The summed E-state index contributed by atoms with van der Waals surface area (Å²) in [6.07, 6.45) is 7.22. The molecule has 1 aliphatic heterocycles. The molecule has 194 valence electrons. The predicted octanol–water partition coefficient (Wildman–Crippen LogP) is 4.76. The highest BCUT2D eigenvalue weighted by Crippen LogP contribution is 2.29. The number of para-hydroxylation sites is 1. The lowest BCUT2D eigenvalue weighted by Crippen LogP contribution is -2.46. The summed E-state index contributed by atoms with van der Waals surface area (Å²) in [6, 6.07) is 17.3. The second-order valence-corrected chi connectivity index (χ2v) is 10.1. The van der Waals surface area contributed by atoms with Crippen LogP contribution in [0.5, 0.6) is 0 Å². The first-order valence-corrected chi connectivity index (χ1v) is 12.6. The van der Waals surface area contributed by atoms with Gasteiger partial charge in [-0.3, -0.25) is 9.79 Å². The van der Waals surface area contributed by atoms with E-state index < -0.39 is 5.60 Å². The minimum Gasteiger partial charge on any atom is -0.494 e. The smallest absolute Gasteiger partial charge is 0.256 e. The van der Waals surface area contributed by atoms with Crippen LogP contribution in [0, 0.1) is 5.92 Å². The number of hydrogen-bond acceptors (Lipinski definition) is 6. The van der Waals surface area contributed by atoms with Crippen molar-refractivity contribution in [2.24, 2.45) is 10.9 Å². The van der Waals surface area contributed by atoms with Crippen LogP contribution >= 0.6 is 0 Å². The zero-order valence-electron chi connectivity index (χ0n) is 21.9. The van der Waals surface area contributed by atoms with Gasteiger partial charge in [-0.05, 0) is 45.7 Å². The number of amides is 1. The summed E-state index contributed by atoms with van der Waals surface area (Å²) >= 11 is 0. The highest BCUT2D eigenvalue weighted by Gasteiger charge is 2.31. The Morgan fingerprint density at radius 1 is 1.11 bits per heavy atom. The molecule has 8 nitrogen and oxygen atoms in total. The first kappa shape index (κ1) is 26.3. The molecule has 1 aromatic heterocycles. The average molecular weight is 502 g/mol. The van der Waals surface area contributed by atoms with E-state index in [9.17, 15) is 9.90 Å². The molecule has 2 aromatic carbocycles. The molecule has 1 aliphatic rings. The summed E-state index contributed by atoms with van der Waals surface area (Å²) in [6.45, 7) is 6.15. The monoisotopic (exact) mass is 501 g/mol. The number of carbonyl (C=O) groups excluding carboxylic acids is 1. The maximum absolute atomic E-state index is 13.7. The van der Waals surface area contributed by atoms with Crippen LogP contribution in [0.2, 0.25) is 0 Å². The first-order chi connectivity index (χ1) is 17.8. The number of aliphatic imine (C=N–C) groups is 1. The summed E-state index contributed by atoms with van der Waals surface area (Å²) in [5.74, 6) is 0.658. The fourth-order valence-corrected chi connectivity index (χ4v) is 4.65. The molecule has 1 fully saturated rings. The van der Waals surface area contributed by atoms with Crippen LogP contribution in [0.25, 0.3) is 11.4 Å². The molecule has 4 rings (SSSR count). The highest BCUT2D eigenvalue weighted by molar-refractivity contribution is 5.98. The largest absolute Gasteiger partial charge is 0.494 e. The lowest BCUT2D eigenvalue weighted by atomic mass is 9.93. The van der Waals surface area contributed by atoms with Gasteiger partial charge in [-0.15, -0.1) is 0 Å². The van der Waals surface area contributed by atoms with E-state index in [1.54, 1.807) is 33.4 Å². The number of ether oxygens (including phenoxy) is 1. The van der Waals surface area contributed by atoms with Gasteiger partial charge in [0, 0.05) is 36.7 Å². The zero-order valence-corrected chi connectivity index (χ0v) is 21.9. The normalized spacial score (nSPS) is 19.1. The third-order valence-corrected chi connectivity index (χ3v) is 6.49. The molecule has 2 heterocycles. The van der Waals surface area contributed by atoms with Crippen LogP contribution < -0.4 is 0 Å². The quantitative estimate of drug-likeness (QED) is 0.355. The number of nitrogens with zero attached hydrogens (tertiary/aromatic N) is 5. The minimum absolute atomic E-state index is 0.0485. The molecule has 3 aromatic rings. The predicted molar refractivity (Wildman–Crippen MR) is 144 cm³/mol. The van der Waals surface area contributed by atoms with Gasteiger partial charge in [-0.2, -0.15) is 15.0 Å². The van der Waals surface area contributed by atoms with Crippen LogP contribution in [0.1, 0.15) is 56.0 Å². The molecule has 1 saturated heterocycles. The summed E-state index contributed by atoms with van der Waals surface area (Å²) < 4.78 is 5.74. The number of rotatable bonds is 8. The number of hydrogen-bond donors (Lipinski definition) is 1. The van der Waals surface area contributed by atoms with Crippen molar-refractivity contribution in [2.75, 3.05) is 13.7 Å². The summed E-state index contributed by atoms with van der Waals surface area (Å²) in [7, 11) is 1.62. The molecule has 0 bridgehead atoms. The Morgan fingerprint density at radius 2 is 1.78 bits per heavy atom. The van der Waals surface area contributed by atoms with Gasteiger partial charge in [0.15, 0.2) is 0 Å². The third kappa shape index (κ3) is 6.51. The van der Waals surface area contributed by atoms with Crippen molar-refractivity contribution in [1.82, 2.24) is 19.9 Å². The van der Waals surface area contributed by atoms with Gasteiger partial charge in [0.05, 0.1) is 42.1 Å². The van der Waals surface area contributed by atoms with Crippen LogP contribution in [0.4, 0.5) is 0 Å². The van der Waals surface area contributed by atoms with E-state index in [-0.39, 0.29) is 17.9 Å². The molecule has 0 saturated carbocycles. The van der Waals surface area contributed by atoms with Crippen molar-refractivity contribution in [3.05, 3.63) is 83.8 Å². The van der Waals surface area contributed by atoms with Crippen molar-refractivity contribution < 1.29 is 14.6 Å². The van der Waals surface area contributed by atoms with Gasteiger partial charge in [0.25, 0.3) is 5.91 Å². The van der Waals surface area contributed by atoms with E-state index in [4.69, 9.17) is 9.73 Å². The number of methoxy groups -OCH3 is 1. The number of benzene rings is 2. The van der Waals surface area contributed by atoms with E-state index in [0.717, 1.165) is 18.4 Å². The molecule has 8 heteroatoms. The molecular weight excluding hydrogens is 466 g/mol. The molecule has 0 aliphatic carbocycles. The molecule has 1 N–H and O–H groups in total. The van der Waals surface area contributed by atoms with Crippen molar-refractivity contribution in [3.8, 4) is 5.69 Å². The number of likely N-dealkylation sites (tertiary alicyclic amines) is 1. The van der Waals surface area contributed by atoms with Crippen molar-refractivity contribution in [2.45, 2.75) is 51.7 Å². The van der Waals surface area contributed by atoms with Gasteiger partial charge in [0.2, 0.25) is 0 Å². The Labute approximate surface area is 218 Å². The second-order valence-electron chi connectivity index (χ2n) is 10.1. The Kier molecular flexibility index (Phi) is 8.18. The standard InChI is InChI=1S/C29H35N5O3/c1-21-14-15-22(19-30-25(18-29(2,3)36)27(37-4)23-10-6-5-7-11-23)20-33(21)28(35)24-12-8-9-13-26(24)34-31-16-17-32-34/h5-13,16-17,19,21-22,36H,14-15,18,20H2,1-4H3/b27-25-,30-19+/t21-,22+/m1/s1. The molecule has 0 unspecified atom stereocenters. The minimum atomic E-state index is -0.960. The van der Waals surface area contributed by atoms with Crippen LogP contribution in [-0.4, -0.2) is 62.4 Å². The van der Waals surface area contributed by atoms with Gasteiger partial charge < -0.3 is 14.7 Å². The summed E-state index contributed by atoms with van der Waals surface area (Å²) in [4.78, 5) is 21.9. The summed E-state index contributed by atoms with van der Waals surface area (Å²) in [5.41, 5.74) is 1.84. The Morgan fingerprint density at radius 3 is 2.46 bits per heavy atom. The van der Waals surface area contributed by atoms with E-state index in [1.165, 1.54) is 4.80 Å². The highest BCUT2D eigenvalue weighted by atomic mass is 16.5. The fourth-order valence-electron chi connectivity index (χ4n) is 4.65. The van der Waals surface area contributed by atoms with Crippen LogP contribution in [-0.2, 0) is 4.74 Å². The molecule has 2 atom stereocenters. The molecule has 0 radical (unpaired) electrons. The molecule has 0 spiro atoms. The SMILES string of the molecule is CO/C(=C(CC(C)(C)O)\N=C\[C@@H]1CC[C@@H](C)N(C(=O)c2ccccc2-n2nccn2)C1)c1ccccc1. The molecule has 37 heavy (non-hydrogen) atoms. The first-order valence-electron chi connectivity index (χ1n) is 12.6. The average Bonchev–Trinajstić information content (AvgIpc) is 3.43. The second kappa shape index (κ2) is 11.5. The third-order valence-electron chi connectivity index (χ3n) is 6.49. The summed E-state index contributed by atoms with van der Waals surface area (Å²) in [5, 5.41) is 19.0. The zero-order chi connectivity index (χ0) is 26.4. The van der Waals surface area contributed by atoms with Crippen molar-refractivity contribution >= 4 is 17.9 Å². The number of piperidine rings is 1. The van der Waals surface area contributed by atoms with Gasteiger partial charge in [-0.25, -0.2) is 0 Å². The van der Waals surface area contributed by atoms with E-state index in [1.807, 2.05) is 65.7 Å². The molecular formula is C29H35N5O3. The Balaban J connectivity index is 1.60.